The van der Waals surface area contributed by atoms with Crippen molar-refractivity contribution in [2.24, 2.45) is 0 Å². The SMILES string of the molecule is CCCCCCCNC(=O)CCC1Cc2ccccc2/C=C\c2ccccc21. The zero-order chi connectivity index (χ0) is 19.6. The van der Waals surface area contributed by atoms with E-state index < -0.39 is 0 Å². The molecule has 2 aromatic carbocycles. The molecule has 1 aliphatic rings. The number of unbranched alkanes of at least 4 members (excludes halogenated alkanes) is 4. The summed E-state index contributed by atoms with van der Waals surface area (Å²) in [4.78, 5) is 12.4. The normalized spacial score (nSPS) is 16.4. The predicted molar refractivity (Wildman–Crippen MR) is 119 cm³/mol. The Balaban J connectivity index is 1.60. The van der Waals surface area contributed by atoms with E-state index in [-0.39, 0.29) is 5.91 Å². The molecule has 0 aliphatic heterocycles. The molecule has 2 aromatic rings. The van der Waals surface area contributed by atoms with Crippen LogP contribution in [-0.2, 0) is 11.2 Å². The van der Waals surface area contributed by atoms with Crippen LogP contribution in [0.1, 0.15) is 80.0 Å². The molecule has 0 saturated heterocycles. The number of hydrogen-bond acceptors (Lipinski definition) is 1. The molecule has 0 fully saturated rings. The number of fused-ring (bicyclic) bond motifs is 2. The average Bonchev–Trinajstić information content (AvgIpc) is 2.71. The number of rotatable bonds is 9. The lowest BCUT2D eigenvalue weighted by atomic mass is 9.82. The maximum absolute atomic E-state index is 12.4. The molecule has 1 atom stereocenters. The molecular weight excluding hydrogens is 342 g/mol. The standard InChI is InChI=1S/C26H33NO/c1-2-3-4-5-10-19-27-26(28)18-17-24-20-23-13-7-6-11-21(23)15-16-22-12-8-9-14-25(22)24/h6-9,11-16,24H,2-5,10,17-20H2,1H3,(H,27,28)/b16-15-. The van der Waals surface area contributed by atoms with E-state index in [0.717, 1.165) is 25.8 Å². The fraction of sp³-hybridized carbons (Fsp3) is 0.423. The molecule has 0 bridgehead atoms. The minimum Gasteiger partial charge on any atom is -0.356 e. The molecule has 148 valence electrons. The van der Waals surface area contributed by atoms with Crippen molar-refractivity contribution in [3.63, 3.8) is 0 Å². The maximum Gasteiger partial charge on any atom is 0.220 e. The maximum atomic E-state index is 12.4. The van der Waals surface area contributed by atoms with E-state index in [0.29, 0.717) is 12.3 Å². The summed E-state index contributed by atoms with van der Waals surface area (Å²) in [5.74, 6) is 0.566. The van der Waals surface area contributed by atoms with E-state index in [2.05, 4.69) is 72.9 Å². The molecule has 0 radical (unpaired) electrons. The van der Waals surface area contributed by atoms with E-state index in [1.54, 1.807) is 0 Å². The first-order valence-corrected chi connectivity index (χ1v) is 10.9. The molecule has 0 saturated carbocycles. The van der Waals surface area contributed by atoms with Gasteiger partial charge in [-0.25, -0.2) is 0 Å². The Morgan fingerprint density at radius 1 is 0.929 bits per heavy atom. The van der Waals surface area contributed by atoms with Crippen LogP contribution in [0, 0.1) is 0 Å². The second kappa shape index (κ2) is 10.8. The van der Waals surface area contributed by atoms with Gasteiger partial charge in [0.05, 0.1) is 0 Å². The third-order valence-corrected chi connectivity index (χ3v) is 5.72. The van der Waals surface area contributed by atoms with E-state index in [1.807, 2.05) is 0 Å². The molecule has 2 nitrogen and oxygen atoms in total. The van der Waals surface area contributed by atoms with Crippen molar-refractivity contribution in [1.82, 2.24) is 5.32 Å². The highest BCUT2D eigenvalue weighted by Gasteiger charge is 2.19. The van der Waals surface area contributed by atoms with Crippen LogP contribution in [0.2, 0.25) is 0 Å². The van der Waals surface area contributed by atoms with Gasteiger partial charge in [-0.15, -0.1) is 0 Å². The Morgan fingerprint density at radius 2 is 1.64 bits per heavy atom. The minimum atomic E-state index is 0.193. The topological polar surface area (TPSA) is 29.1 Å². The van der Waals surface area contributed by atoms with Crippen LogP contribution in [0.4, 0.5) is 0 Å². The molecular formula is C26H33NO. The van der Waals surface area contributed by atoms with Crippen molar-refractivity contribution in [2.75, 3.05) is 6.54 Å². The van der Waals surface area contributed by atoms with Gasteiger partial charge in [-0.3, -0.25) is 4.79 Å². The van der Waals surface area contributed by atoms with Crippen LogP contribution in [0.3, 0.4) is 0 Å². The third-order valence-electron chi connectivity index (χ3n) is 5.72. The van der Waals surface area contributed by atoms with Crippen LogP contribution in [-0.4, -0.2) is 12.5 Å². The molecule has 0 spiro atoms. The predicted octanol–water partition coefficient (Wildman–Crippen LogP) is 6.36. The molecule has 1 aliphatic carbocycles. The number of carbonyl (C=O) groups excluding carboxylic acids is 1. The molecule has 1 N–H and O–H groups in total. The molecule has 1 unspecified atom stereocenters. The van der Waals surface area contributed by atoms with Gasteiger partial charge in [0.1, 0.15) is 0 Å². The van der Waals surface area contributed by atoms with E-state index in [1.165, 1.54) is 47.9 Å². The van der Waals surface area contributed by atoms with Crippen LogP contribution in [0.15, 0.2) is 48.5 Å². The van der Waals surface area contributed by atoms with Gasteiger partial charge in [0, 0.05) is 13.0 Å². The summed E-state index contributed by atoms with van der Waals surface area (Å²) in [6, 6.07) is 17.2. The Labute approximate surface area is 170 Å². The van der Waals surface area contributed by atoms with Gasteiger partial charge in [0.2, 0.25) is 5.91 Å². The van der Waals surface area contributed by atoms with Crippen LogP contribution >= 0.6 is 0 Å². The van der Waals surface area contributed by atoms with Crippen molar-refractivity contribution in [3.8, 4) is 0 Å². The Kier molecular flexibility index (Phi) is 7.90. The van der Waals surface area contributed by atoms with Gasteiger partial charge in [0.15, 0.2) is 0 Å². The second-order valence-corrected chi connectivity index (χ2v) is 7.86. The number of hydrogen-bond donors (Lipinski definition) is 1. The summed E-state index contributed by atoms with van der Waals surface area (Å²) in [7, 11) is 0. The second-order valence-electron chi connectivity index (χ2n) is 7.86. The Hall–Kier alpha value is -2.35. The third kappa shape index (κ3) is 5.82. The van der Waals surface area contributed by atoms with Crippen molar-refractivity contribution in [1.29, 1.82) is 0 Å². The van der Waals surface area contributed by atoms with Gasteiger partial charge in [0.25, 0.3) is 0 Å². The summed E-state index contributed by atoms with van der Waals surface area (Å²) in [5, 5.41) is 3.12. The lowest BCUT2D eigenvalue weighted by Gasteiger charge is -2.22. The fourth-order valence-corrected chi connectivity index (χ4v) is 4.08. The van der Waals surface area contributed by atoms with Crippen LogP contribution in [0.25, 0.3) is 12.2 Å². The summed E-state index contributed by atoms with van der Waals surface area (Å²) in [5.41, 5.74) is 5.30. The van der Waals surface area contributed by atoms with Gasteiger partial charge >= 0.3 is 0 Å². The quantitative estimate of drug-likeness (QED) is 0.507. The summed E-state index contributed by atoms with van der Waals surface area (Å²) < 4.78 is 0. The number of carbonyl (C=O) groups is 1. The summed E-state index contributed by atoms with van der Waals surface area (Å²) in [6.07, 6.45) is 13.1. The highest BCUT2D eigenvalue weighted by atomic mass is 16.1. The van der Waals surface area contributed by atoms with Crippen molar-refractivity contribution in [3.05, 3.63) is 70.8 Å². The van der Waals surface area contributed by atoms with Gasteiger partial charge in [-0.1, -0.05) is 93.3 Å². The van der Waals surface area contributed by atoms with E-state index >= 15 is 0 Å². The molecule has 28 heavy (non-hydrogen) atoms. The van der Waals surface area contributed by atoms with Crippen molar-refractivity contribution >= 4 is 18.1 Å². The smallest absolute Gasteiger partial charge is 0.220 e. The first kappa shape index (κ1) is 20.4. The minimum absolute atomic E-state index is 0.193. The largest absolute Gasteiger partial charge is 0.356 e. The zero-order valence-corrected chi connectivity index (χ0v) is 17.1. The molecule has 0 aromatic heterocycles. The fourth-order valence-electron chi connectivity index (χ4n) is 4.08. The summed E-state index contributed by atoms with van der Waals surface area (Å²) >= 11 is 0. The van der Waals surface area contributed by atoms with E-state index in [9.17, 15) is 4.79 Å². The van der Waals surface area contributed by atoms with Gasteiger partial charge in [-0.2, -0.15) is 0 Å². The van der Waals surface area contributed by atoms with E-state index in [4.69, 9.17) is 0 Å². The van der Waals surface area contributed by atoms with Crippen LogP contribution in [0.5, 0.6) is 0 Å². The molecule has 0 heterocycles. The highest BCUT2D eigenvalue weighted by molar-refractivity contribution is 5.76. The lowest BCUT2D eigenvalue weighted by Crippen LogP contribution is -2.25. The molecule has 2 heteroatoms. The Morgan fingerprint density at radius 3 is 2.50 bits per heavy atom. The first-order chi connectivity index (χ1) is 13.8. The Bertz CT molecular complexity index is 793. The average molecular weight is 376 g/mol. The van der Waals surface area contributed by atoms with Gasteiger partial charge in [-0.05, 0) is 47.4 Å². The van der Waals surface area contributed by atoms with Gasteiger partial charge < -0.3 is 5.32 Å². The first-order valence-electron chi connectivity index (χ1n) is 10.9. The number of amides is 1. The molecule has 1 amide bonds. The highest BCUT2D eigenvalue weighted by Crippen LogP contribution is 2.33. The molecule has 3 rings (SSSR count). The zero-order valence-electron chi connectivity index (χ0n) is 17.1. The summed E-state index contributed by atoms with van der Waals surface area (Å²) in [6.45, 7) is 3.04. The van der Waals surface area contributed by atoms with Crippen molar-refractivity contribution < 1.29 is 4.79 Å². The number of nitrogens with one attached hydrogen (secondary N) is 1. The monoisotopic (exact) mass is 375 g/mol. The lowest BCUT2D eigenvalue weighted by molar-refractivity contribution is -0.121. The van der Waals surface area contributed by atoms with Crippen molar-refractivity contribution in [2.45, 2.75) is 64.2 Å². The van der Waals surface area contributed by atoms with Crippen LogP contribution < -0.4 is 5.32 Å². The number of benzene rings is 2.